The van der Waals surface area contributed by atoms with Crippen molar-refractivity contribution in [2.75, 3.05) is 12.8 Å². The van der Waals surface area contributed by atoms with E-state index >= 15 is 0 Å². The summed E-state index contributed by atoms with van der Waals surface area (Å²) in [6.07, 6.45) is 0. The fourth-order valence-corrected chi connectivity index (χ4v) is 2.09. The maximum absolute atomic E-state index is 13.3. The summed E-state index contributed by atoms with van der Waals surface area (Å²) in [7, 11) is 1.53. The lowest BCUT2D eigenvalue weighted by Gasteiger charge is -2.12. The van der Waals surface area contributed by atoms with E-state index in [-0.39, 0.29) is 17.9 Å². The third kappa shape index (κ3) is 2.26. The highest BCUT2D eigenvalue weighted by Crippen LogP contribution is 2.15. The van der Waals surface area contributed by atoms with Crippen molar-refractivity contribution in [3.05, 3.63) is 46.1 Å². The summed E-state index contributed by atoms with van der Waals surface area (Å²) in [5.41, 5.74) is 6.63. The smallest absolute Gasteiger partial charge is 0.294 e. The van der Waals surface area contributed by atoms with Gasteiger partial charge in [-0.15, -0.1) is 0 Å². The summed E-state index contributed by atoms with van der Waals surface area (Å²) >= 11 is 0. The van der Waals surface area contributed by atoms with Crippen LogP contribution in [0.25, 0.3) is 5.69 Å². The molecular weight excluding hydrogens is 249 g/mol. The number of aromatic nitrogens is 2. The molecule has 102 valence electrons. The topological polar surface area (TPSA) is 62.2 Å². The molecule has 5 nitrogen and oxygen atoms in total. The van der Waals surface area contributed by atoms with Crippen LogP contribution >= 0.6 is 0 Å². The van der Waals surface area contributed by atoms with Crippen LogP contribution < -0.4 is 11.3 Å². The van der Waals surface area contributed by atoms with Gasteiger partial charge in [-0.3, -0.25) is 9.48 Å². The molecule has 0 atom stereocenters. The molecular formula is C13H16FN3O2. The number of hydrogen-bond acceptors (Lipinski definition) is 3. The molecule has 0 aliphatic rings. The van der Waals surface area contributed by atoms with E-state index in [4.69, 9.17) is 10.5 Å². The Balaban J connectivity index is 2.70. The van der Waals surface area contributed by atoms with Crippen LogP contribution in [0.2, 0.25) is 0 Å². The Morgan fingerprint density at radius 1 is 1.42 bits per heavy atom. The highest BCUT2D eigenvalue weighted by molar-refractivity contribution is 5.45. The van der Waals surface area contributed by atoms with Crippen molar-refractivity contribution in [2.45, 2.75) is 20.1 Å². The molecule has 0 saturated heterocycles. The van der Waals surface area contributed by atoms with E-state index in [1.165, 1.54) is 23.9 Å². The first-order valence-corrected chi connectivity index (χ1v) is 5.95. The molecule has 0 saturated carbocycles. The van der Waals surface area contributed by atoms with Gasteiger partial charge in [-0.25, -0.2) is 9.07 Å². The maximum atomic E-state index is 13.3. The Morgan fingerprint density at radius 3 is 2.74 bits per heavy atom. The summed E-state index contributed by atoms with van der Waals surface area (Å²) < 4.78 is 21.4. The van der Waals surface area contributed by atoms with Gasteiger partial charge in [0.15, 0.2) is 0 Å². The molecule has 0 unspecified atom stereocenters. The standard InChI is InChI=1S/C13H16FN3O2/c1-3-16-11(8-19-2)12(15)13(18)17(16)10-6-4-5-9(14)7-10/h4-7H,3,8,15H2,1-2H3. The molecule has 0 amide bonds. The van der Waals surface area contributed by atoms with Crippen LogP contribution in [0.15, 0.2) is 29.1 Å². The minimum absolute atomic E-state index is 0.132. The van der Waals surface area contributed by atoms with Crippen LogP contribution in [0.1, 0.15) is 12.6 Å². The molecule has 6 heteroatoms. The number of nitrogens with two attached hydrogens (primary N) is 1. The number of nitrogens with zero attached hydrogens (tertiary/aromatic N) is 2. The van der Waals surface area contributed by atoms with Gasteiger partial charge in [0.05, 0.1) is 18.0 Å². The molecule has 1 aromatic carbocycles. The number of nitrogen functional groups attached to an aromatic ring is 1. The molecule has 0 fully saturated rings. The van der Waals surface area contributed by atoms with Crippen LogP contribution in [-0.4, -0.2) is 16.5 Å². The Kier molecular flexibility index (Phi) is 3.71. The lowest BCUT2D eigenvalue weighted by atomic mass is 10.3. The summed E-state index contributed by atoms with van der Waals surface area (Å²) in [5, 5.41) is 0. The molecule has 2 N–H and O–H groups in total. The average Bonchev–Trinajstić information content (AvgIpc) is 2.63. The molecule has 1 heterocycles. The number of halogens is 1. The van der Waals surface area contributed by atoms with E-state index in [9.17, 15) is 9.18 Å². The van der Waals surface area contributed by atoms with Crippen molar-refractivity contribution in [3.63, 3.8) is 0 Å². The Morgan fingerprint density at radius 2 is 2.16 bits per heavy atom. The van der Waals surface area contributed by atoms with Crippen LogP contribution in [0.4, 0.5) is 10.1 Å². The SMILES string of the molecule is CCn1c(COC)c(N)c(=O)n1-c1cccc(F)c1. The minimum Gasteiger partial charge on any atom is -0.393 e. The van der Waals surface area contributed by atoms with E-state index in [2.05, 4.69) is 0 Å². The van der Waals surface area contributed by atoms with Gasteiger partial charge < -0.3 is 10.5 Å². The van der Waals surface area contributed by atoms with Gasteiger partial charge in [0.1, 0.15) is 11.5 Å². The van der Waals surface area contributed by atoms with Gasteiger partial charge in [-0.05, 0) is 25.1 Å². The van der Waals surface area contributed by atoms with Crippen molar-refractivity contribution >= 4 is 5.69 Å². The van der Waals surface area contributed by atoms with E-state index in [0.717, 1.165) is 0 Å². The van der Waals surface area contributed by atoms with Gasteiger partial charge in [0.2, 0.25) is 0 Å². The normalized spacial score (nSPS) is 10.9. The molecule has 19 heavy (non-hydrogen) atoms. The number of anilines is 1. The summed E-state index contributed by atoms with van der Waals surface area (Å²) in [6.45, 7) is 2.65. The fraction of sp³-hybridized carbons (Fsp3) is 0.308. The van der Waals surface area contributed by atoms with Crippen LogP contribution in [-0.2, 0) is 17.9 Å². The minimum atomic E-state index is -0.403. The first-order valence-electron chi connectivity index (χ1n) is 5.95. The van der Waals surface area contributed by atoms with Gasteiger partial charge in [0.25, 0.3) is 5.56 Å². The molecule has 2 rings (SSSR count). The average molecular weight is 265 g/mol. The van der Waals surface area contributed by atoms with E-state index in [1.807, 2.05) is 6.92 Å². The second-order valence-corrected chi connectivity index (χ2v) is 4.11. The zero-order valence-electron chi connectivity index (χ0n) is 10.9. The lowest BCUT2D eigenvalue weighted by Crippen LogP contribution is -2.22. The second kappa shape index (κ2) is 5.27. The van der Waals surface area contributed by atoms with Crippen molar-refractivity contribution in [1.82, 2.24) is 9.36 Å². The third-order valence-corrected chi connectivity index (χ3v) is 2.92. The molecule has 0 aliphatic carbocycles. The third-order valence-electron chi connectivity index (χ3n) is 2.92. The molecule has 0 spiro atoms. The summed E-state index contributed by atoms with van der Waals surface area (Å²) in [6, 6.07) is 5.83. The predicted molar refractivity (Wildman–Crippen MR) is 70.8 cm³/mol. The Hall–Kier alpha value is -2.08. The molecule has 0 radical (unpaired) electrons. The van der Waals surface area contributed by atoms with E-state index in [0.29, 0.717) is 17.9 Å². The van der Waals surface area contributed by atoms with Crippen LogP contribution in [0.5, 0.6) is 0 Å². The van der Waals surface area contributed by atoms with Gasteiger partial charge in [0, 0.05) is 13.7 Å². The molecule has 2 aromatic rings. The number of rotatable bonds is 4. The molecule has 1 aromatic heterocycles. The first kappa shape index (κ1) is 13.4. The fourth-order valence-electron chi connectivity index (χ4n) is 2.09. The predicted octanol–water partition coefficient (Wildman–Crippen LogP) is 1.53. The number of hydrogen-bond donors (Lipinski definition) is 1. The van der Waals surface area contributed by atoms with Crippen LogP contribution in [0, 0.1) is 5.82 Å². The van der Waals surface area contributed by atoms with Gasteiger partial charge in [-0.2, -0.15) is 0 Å². The Bertz CT molecular complexity index is 646. The number of benzene rings is 1. The molecule has 0 aliphatic heterocycles. The summed E-state index contributed by atoms with van der Waals surface area (Å²) in [4.78, 5) is 12.2. The van der Waals surface area contributed by atoms with Crippen molar-refractivity contribution in [2.24, 2.45) is 0 Å². The summed E-state index contributed by atoms with van der Waals surface area (Å²) in [5.74, 6) is -0.403. The van der Waals surface area contributed by atoms with Crippen molar-refractivity contribution in [1.29, 1.82) is 0 Å². The maximum Gasteiger partial charge on any atom is 0.294 e. The largest absolute Gasteiger partial charge is 0.393 e. The highest BCUT2D eigenvalue weighted by Gasteiger charge is 2.17. The monoisotopic (exact) mass is 265 g/mol. The van der Waals surface area contributed by atoms with Crippen molar-refractivity contribution < 1.29 is 9.13 Å². The van der Waals surface area contributed by atoms with Gasteiger partial charge in [-0.1, -0.05) is 6.07 Å². The van der Waals surface area contributed by atoms with E-state index in [1.54, 1.807) is 16.8 Å². The highest BCUT2D eigenvalue weighted by atomic mass is 19.1. The Labute approximate surface area is 110 Å². The first-order chi connectivity index (χ1) is 9.10. The molecule has 0 bridgehead atoms. The zero-order valence-corrected chi connectivity index (χ0v) is 10.9. The van der Waals surface area contributed by atoms with Crippen LogP contribution in [0.3, 0.4) is 0 Å². The van der Waals surface area contributed by atoms with Crippen molar-refractivity contribution in [3.8, 4) is 5.69 Å². The number of ether oxygens (including phenoxy) is 1. The lowest BCUT2D eigenvalue weighted by molar-refractivity contribution is 0.176. The van der Waals surface area contributed by atoms with E-state index < -0.39 is 5.82 Å². The number of methoxy groups -OCH3 is 1. The van der Waals surface area contributed by atoms with Gasteiger partial charge >= 0.3 is 0 Å². The quantitative estimate of drug-likeness (QED) is 0.911. The second-order valence-electron chi connectivity index (χ2n) is 4.11. The zero-order chi connectivity index (χ0) is 14.0.